The van der Waals surface area contributed by atoms with Gasteiger partial charge in [-0.25, -0.2) is 4.79 Å². The number of rotatable bonds is 6. The number of nitrogens with zero attached hydrogens (tertiary/aromatic N) is 2. The number of hydrogen-bond donors (Lipinski definition) is 2. The van der Waals surface area contributed by atoms with Crippen LogP contribution in [0, 0.1) is 0 Å². The minimum absolute atomic E-state index is 0.306. The zero-order chi connectivity index (χ0) is 20.6. The van der Waals surface area contributed by atoms with E-state index >= 15 is 0 Å². The molecule has 1 atom stereocenters. The first-order valence-corrected chi connectivity index (χ1v) is 9.89. The van der Waals surface area contributed by atoms with Crippen molar-refractivity contribution in [2.24, 2.45) is 0 Å². The van der Waals surface area contributed by atoms with E-state index in [0.717, 1.165) is 30.1 Å². The summed E-state index contributed by atoms with van der Waals surface area (Å²) in [7, 11) is 1.66. The average Bonchev–Trinajstić information content (AvgIpc) is 2.75. The third-order valence-electron chi connectivity index (χ3n) is 5.05. The van der Waals surface area contributed by atoms with Gasteiger partial charge in [0.2, 0.25) is 5.91 Å². The molecule has 2 N–H and O–H groups in total. The number of benzene rings is 2. The van der Waals surface area contributed by atoms with Gasteiger partial charge in [-0.3, -0.25) is 15.0 Å². The molecule has 1 saturated heterocycles. The summed E-state index contributed by atoms with van der Waals surface area (Å²) in [5.41, 5.74) is 2.01. The van der Waals surface area contributed by atoms with Crippen LogP contribution in [0.2, 0.25) is 0 Å². The molecule has 0 radical (unpaired) electrons. The Hall–Kier alpha value is -3.06. The van der Waals surface area contributed by atoms with E-state index < -0.39 is 12.1 Å². The van der Waals surface area contributed by atoms with Crippen LogP contribution in [0.25, 0.3) is 0 Å². The second-order valence-electron chi connectivity index (χ2n) is 6.88. The SMILES string of the molecule is CCNC(=O)NC(=O)C(c1ccccc1)N1CCN(c2ccc(OC)cc2)CC1. The van der Waals surface area contributed by atoms with Crippen molar-refractivity contribution in [1.29, 1.82) is 0 Å². The summed E-state index contributed by atoms with van der Waals surface area (Å²) >= 11 is 0. The van der Waals surface area contributed by atoms with E-state index in [2.05, 4.69) is 20.4 Å². The van der Waals surface area contributed by atoms with Gasteiger partial charge in [-0.1, -0.05) is 30.3 Å². The maximum absolute atomic E-state index is 12.9. The fraction of sp³-hybridized carbons (Fsp3) is 0.364. The van der Waals surface area contributed by atoms with Gasteiger partial charge in [0.15, 0.2) is 0 Å². The highest BCUT2D eigenvalue weighted by Gasteiger charge is 2.31. The Morgan fingerprint density at radius 3 is 2.24 bits per heavy atom. The van der Waals surface area contributed by atoms with Gasteiger partial charge in [0, 0.05) is 38.4 Å². The molecule has 29 heavy (non-hydrogen) atoms. The fourth-order valence-electron chi connectivity index (χ4n) is 3.58. The van der Waals surface area contributed by atoms with Crippen LogP contribution in [0.1, 0.15) is 18.5 Å². The van der Waals surface area contributed by atoms with Gasteiger partial charge in [0.05, 0.1) is 7.11 Å². The highest BCUT2D eigenvalue weighted by Crippen LogP contribution is 2.25. The van der Waals surface area contributed by atoms with Crippen LogP contribution < -0.4 is 20.3 Å². The van der Waals surface area contributed by atoms with Gasteiger partial charge in [0.25, 0.3) is 0 Å². The molecule has 7 nitrogen and oxygen atoms in total. The van der Waals surface area contributed by atoms with Crippen molar-refractivity contribution < 1.29 is 14.3 Å². The normalized spacial score (nSPS) is 15.4. The van der Waals surface area contributed by atoms with Crippen molar-refractivity contribution in [2.75, 3.05) is 44.7 Å². The summed E-state index contributed by atoms with van der Waals surface area (Å²) in [6, 6.07) is 16.6. The van der Waals surface area contributed by atoms with Gasteiger partial charge in [-0.15, -0.1) is 0 Å². The smallest absolute Gasteiger partial charge is 0.321 e. The molecule has 0 saturated carbocycles. The second-order valence-corrected chi connectivity index (χ2v) is 6.88. The molecule has 0 aliphatic carbocycles. The van der Waals surface area contributed by atoms with Crippen LogP contribution in [0.5, 0.6) is 5.75 Å². The number of anilines is 1. The lowest BCUT2D eigenvalue weighted by Crippen LogP contribution is -2.52. The lowest BCUT2D eigenvalue weighted by Gasteiger charge is -2.39. The van der Waals surface area contributed by atoms with Crippen molar-refractivity contribution in [3.63, 3.8) is 0 Å². The van der Waals surface area contributed by atoms with Crippen LogP contribution in [0.4, 0.5) is 10.5 Å². The van der Waals surface area contributed by atoms with Crippen LogP contribution in [-0.4, -0.2) is 56.7 Å². The molecule has 0 aromatic heterocycles. The summed E-state index contributed by atoms with van der Waals surface area (Å²) in [6.07, 6.45) is 0. The van der Waals surface area contributed by atoms with Gasteiger partial charge in [-0.2, -0.15) is 0 Å². The molecule has 1 aliphatic heterocycles. The maximum Gasteiger partial charge on any atom is 0.321 e. The average molecular weight is 396 g/mol. The number of carbonyl (C=O) groups excluding carboxylic acids is 2. The van der Waals surface area contributed by atoms with E-state index in [9.17, 15) is 9.59 Å². The molecule has 1 aliphatic rings. The molecule has 3 rings (SSSR count). The van der Waals surface area contributed by atoms with Gasteiger partial charge < -0.3 is 15.0 Å². The third-order valence-corrected chi connectivity index (χ3v) is 5.05. The summed E-state index contributed by atoms with van der Waals surface area (Å²) in [4.78, 5) is 29.2. The number of imide groups is 1. The molecular formula is C22H28N4O3. The summed E-state index contributed by atoms with van der Waals surface area (Å²) in [6.45, 7) is 5.31. The van der Waals surface area contributed by atoms with Crippen molar-refractivity contribution in [3.8, 4) is 5.75 Å². The molecule has 0 spiro atoms. The quantitative estimate of drug-likeness (QED) is 0.784. The second kappa shape index (κ2) is 9.93. The zero-order valence-electron chi connectivity index (χ0n) is 16.9. The van der Waals surface area contributed by atoms with E-state index in [4.69, 9.17) is 4.74 Å². The number of nitrogens with one attached hydrogen (secondary N) is 2. The lowest BCUT2D eigenvalue weighted by atomic mass is 10.0. The first-order chi connectivity index (χ1) is 14.1. The number of ether oxygens (including phenoxy) is 1. The van der Waals surface area contributed by atoms with Crippen LogP contribution in [0.3, 0.4) is 0 Å². The van der Waals surface area contributed by atoms with Crippen LogP contribution in [0.15, 0.2) is 54.6 Å². The van der Waals surface area contributed by atoms with Crippen molar-refractivity contribution in [2.45, 2.75) is 13.0 Å². The Labute approximate surface area is 171 Å². The molecule has 7 heteroatoms. The molecule has 1 unspecified atom stereocenters. The van der Waals surface area contributed by atoms with Gasteiger partial charge in [-0.05, 0) is 36.8 Å². The van der Waals surface area contributed by atoms with E-state index in [1.54, 1.807) is 7.11 Å². The maximum atomic E-state index is 12.9. The van der Waals surface area contributed by atoms with Crippen molar-refractivity contribution in [1.82, 2.24) is 15.5 Å². The summed E-state index contributed by atoms with van der Waals surface area (Å²) < 4.78 is 5.23. The lowest BCUT2D eigenvalue weighted by molar-refractivity contribution is -0.125. The minimum Gasteiger partial charge on any atom is -0.497 e. The van der Waals surface area contributed by atoms with Crippen molar-refractivity contribution >= 4 is 17.6 Å². The Morgan fingerprint density at radius 2 is 1.66 bits per heavy atom. The fourth-order valence-corrected chi connectivity index (χ4v) is 3.58. The Morgan fingerprint density at radius 1 is 1.00 bits per heavy atom. The largest absolute Gasteiger partial charge is 0.497 e. The summed E-state index contributed by atoms with van der Waals surface area (Å²) in [5.74, 6) is 0.526. The topological polar surface area (TPSA) is 73.9 Å². The molecule has 2 aromatic carbocycles. The van der Waals surface area contributed by atoms with Gasteiger partial charge >= 0.3 is 6.03 Å². The van der Waals surface area contributed by atoms with Crippen molar-refractivity contribution in [3.05, 3.63) is 60.2 Å². The molecule has 2 aromatic rings. The molecule has 1 heterocycles. The molecule has 0 bridgehead atoms. The zero-order valence-corrected chi connectivity index (χ0v) is 16.9. The van der Waals surface area contributed by atoms with E-state index in [0.29, 0.717) is 19.6 Å². The highest BCUT2D eigenvalue weighted by atomic mass is 16.5. The van der Waals surface area contributed by atoms with E-state index in [1.165, 1.54) is 0 Å². The number of amides is 3. The number of hydrogen-bond acceptors (Lipinski definition) is 5. The van der Waals surface area contributed by atoms with Gasteiger partial charge in [0.1, 0.15) is 11.8 Å². The molecule has 3 amide bonds. The number of methoxy groups -OCH3 is 1. The predicted molar refractivity (Wildman–Crippen MR) is 113 cm³/mol. The first-order valence-electron chi connectivity index (χ1n) is 9.89. The molecular weight excluding hydrogens is 368 g/mol. The summed E-state index contributed by atoms with van der Waals surface area (Å²) in [5, 5.41) is 5.09. The number of urea groups is 1. The predicted octanol–water partition coefficient (Wildman–Crippen LogP) is 2.40. The standard InChI is InChI=1S/C22H28N4O3/c1-3-23-22(28)24-21(27)20(17-7-5-4-6-8-17)26-15-13-25(14-16-26)18-9-11-19(29-2)12-10-18/h4-12,20H,3,13-16H2,1-2H3,(H2,23,24,27,28). The number of carbonyl (C=O) groups is 2. The monoisotopic (exact) mass is 396 g/mol. The van der Waals surface area contributed by atoms with E-state index in [-0.39, 0.29) is 5.91 Å². The first kappa shape index (κ1) is 20.7. The highest BCUT2D eigenvalue weighted by molar-refractivity contribution is 5.97. The number of piperazine rings is 1. The van der Waals surface area contributed by atoms with E-state index in [1.807, 2.05) is 61.5 Å². The van der Waals surface area contributed by atoms with Crippen LogP contribution in [-0.2, 0) is 4.79 Å². The third kappa shape index (κ3) is 5.26. The Kier molecular flexibility index (Phi) is 7.08. The Balaban J connectivity index is 1.70. The minimum atomic E-state index is -0.503. The molecule has 154 valence electrons. The molecule has 1 fully saturated rings. The van der Waals surface area contributed by atoms with Crippen LogP contribution >= 0.6 is 0 Å². The Bertz CT molecular complexity index is 803.